The second-order valence-electron chi connectivity index (χ2n) is 5.22. The van der Waals surface area contributed by atoms with E-state index in [2.05, 4.69) is 33.5 Å². The first-order chi connectivity index (χ1) is 7.83. The first-order valence-electron chi connectivity index (χ1n) is 6.31. The van der Waals surface area contributed by atoms with Crippen LogP contribution in [-0.4, -0.2) is 26.3 Å². The molecule has 0 amide bonds. The number of hydrogen-bond donors (Lipinski definition) is 0. The molecule has 0 aromatic carbocycles. The molecule has 16 heavy (non-hydrogen) atoms. The molecule has 0 spiro atoms. The van der Waals surface area contributed by atoms with Gasteiger partial charge in [-0.25, -0.2) is 0 Å². The fourth-order valence-corrected chi connectivity index (χ4v) is 3.98. The Morgan fingerprint density at radius 2 is 2.31 bits per heavy atom. The largest absolute Gasteiger partial charge is 0.315 e. The average molecular weight is 237 g/mol. The molecule has 2 unspecified atom stereocenters. The first kappa shape index (κ1) is 10.6. The maximum atomic E-state index is 4.40. The van der Waals surface area contributed by atoms with E-state index in [-0.39, 0.29) is 0 Å². The number of thioether (sulfide) groups is 1. The van der Waals surface area contributed by atoms with Gasteiger partial charge in [-0.05, 0) is 36.2 Å². The molecule has 0 bridgehead atoms. The van der Waals surface area contributed by atoms with Gasteiger partial charge in [0.25, 0.3) is 0 Å². The smallest absolute Gasteiger partial charge is 0.133 e. The summed E-state index contributed by atoms with van der Waals surface area (Å²) in [6.45, 7) is 3.45. The zero-order valence-electron chi connectivity index (χ0n) is 9.85. The minimum absolute atomic E-state index is 0.784. The molecule has 3 nitrogen and oxygen atoms in total. The molecular weight excluding hydrogens is 218 g/mol. The van der Waals surface area contributed by atoms with Crippen LogP contribution < -0.4 is 0 Å². The van der Waals surface area contributed by atoms with Crippen LogP contribution in [0.4, 0.5) is 0 Å². The molecule has 3 rings (SSSR count). The Labute approximate surface area is 101 Å². The van der Waals surface area contributed by atoms with Gasteiger partial charge in [-0.1, -0.05) is 6.92 Å². The highest BCUT2D eigenvalue weighted by molar-refractivity contribution is 7.99. The van der Waals surface area contributed by atoms with Crippen LogP contribution in [0.1, 0.15) is 31.4 Å². The van der Waals surface area contributed by atoms with Crippen LogP contribution in [0, 0.1) is 11.8 Å². The van der Waals surface area contributed by atoms with Gasteiger partial charge in [0, 0.05) is 19.4 Å². The van der Waals surface area contributed by atoms with Crippen LogP contribution >= 0.6 is 11.8 Å². The molecule has 3 heterocycles. The molecule has 0 radical (unpaired) electrons. The monoisotopic (exact) mass is 237 g/mol. The van der Waals surface area contributed by atoms with E-state index in [0.717, 1.165) is 31.2 Å². The Bertz CT molecular complexity index is 368. The van der Waals surface area contributed by atoms with Gasteiger partial charge in [-0.3, -0.25) is 0 Å². The lowest BCUT2D eigenvalue weighted by Crippen LogP contribution is -2.20. The molecule has 1 aromatic rings. The number of hydrogen-bond acceptors (Lipinski definition) is 3. The predicted octanol–water partition coefficient (Wildman–Crippen LogP) is 2.16. The molecule has 0 aliphatic carbocycles. The first-order valence-corrected chi connectivity index (χ1v) is 7.47. The van der Waals surface area contributed by atoms with Crippen LogP contribution in [0.25, 0.3) is 0 Å². The van der Waals surface area contributed by atoms with Crippen molar-refractivity contribution in [3.05, 3.63) is 11.6 Å². The van der Waals surface area contributed by atoms with Crippen LogP contribution in [0.15, 0.2) is 0 Å². The SMILES string of the molecule is CC1CCn2c(nnc2CC2CCSC2)C1. The lowest BCUT2D eigenvalue weighted by atomic mass is 9.99. The van der Waals surface area contributed by atoms with Gasteiger partial charge < -0.3 is 4.57 Å². The third-order valence-corrected chi connectivity index (χ3v) is 5.01. The highest BCUT2D eigenvalue weighted by atomic mass is 32.2. The normalized spacial score (nSPS) is 29.3. The Morgan fingerprint density at radius 1 is 1.38 bits per heavy atom. The zero-order valence-corrected chi connectivity index (χ0v) is 10.7. The second-order valence-corrected chi connectivity index (χ2v) is 6.37. The summed E-state index contributed by atoms with van der Waals surface area (Å²) >= 11 is 2.08. The summed E-state index contributed by atoms with van der Waals surface area (Å²) in [6, 6.07) is 0. The minimum Gasteiger partial charge on any atom is -0.315 e. The van der Waals surface area contributed by atoms with Crippen molar-refractivity contribution in [1.82, 2.24) is 14.8 Å². The molecule has 0 N–H and O–H groups in total. The fourth-order valence-electron chi connectivity index (χ4n) is 2.70. The van der Waals surface area contributed by atoms with Crippen molar-refractivity contribution in [3.63, 3.8) is 0 Å². The molecule has 1 fully saturated rings. The quantitative estimate of drug-likeness (QED) is 0.789. The van der Waals surface area contributed by atoms with Gasteiger partial charge in [-0.2, -0.15) is 11.8 Å². The Hall–Kier alpha value is -0.510. The fraction of sp³-hybridized carbons (Fsp3) is 0.833. The molecule has 2 atom stereocenters. The van der Waals surface area contributed by atoms with Crippen molar-refractivity contribution < 1.29 is 0 Å². The van der Waals surface area contributed by atoms with Crippen molar-refractivity contribution in [2.45, 2.75) is 39.2 Å². The summed E-state index contributed by atoms with van der Waals surface area (Å²) in [7, 11) is 0. The Balaban J connectivity index is 1.75. The third-order valence-electron chi connectivity index (χ3n) is 3.78. The van der Waals surface area contributed by atoms with Crippen LogP contribution in [0.5, 0.6) is 0 Å². The summed E-state index contributed by atoms with van der Waals surface area (Å²) in [5.74, 6) is 6.75. The molecule has 88 valence electrons. The van der Waals surface area contributed by atoms with Gasteiger partial charge in [0.1, 0.15) is 11.6 Å². The molecule has 4 heteroatoms. The van der Waals surface area contributed by atoms with Crippen molar-refractivity contribution >= 4 is 11.8 Å². The van der Waals surface area contributed by atoms with E-state index < -0.39 is 0 Å². The Morgan fingerprint density at radius 3 is 3.12 bits per heavy atom. The summed E-state index contributed by atoms with van der Waals surface area (Å²) < 4.78 is 2.38. The van der Waals surface area contributed by atoms with Gasteiger partial charge in [0.2, 0.25) is 0 Å². The van der Waals surface area contributed by atoms with E-state index in [1.54, 1.807) is 0 Å². The Kier molecular flexibility index (Phi) is 2.92. The summed E-state index contributed by atoms with van der Waals surface area (Å²) in [5.41, 5.74) is 0. The number of fused-ring (bicyclic) bond motifs is 1. The van der Waals surface area contributed by atoms with Crippen molar-refractivity contribution in [2.24, 2.45) is 11.8 Å². The van der Waals surface area contributed by atoms with E-state index in [4.69, 9.17) is 0 Å². The van der Waals surface area contributed by atoms with Gasteiger partial charge in [0.15, 0.2) is 0 Å². The number of aromatic nitrogens is 3. The molecular formula is C12H19N3S. The van der Waals surface area contributed by atoms with Gasteiger partial charge in [-0.15, -0.1) is 10.2 Å². The second kappa shape index (κ2) is 4.40. The lowest BCUT2D eigenvalue weighted by Gasteiger charge is -2.20. The van der Waals surface area contributed by atoms with E-state index in [1.807, 2.05) is 0 Å². The van der Waals surface area contributed by atoms with E-state index >= 15 is 0 Å². The van der Waals surface area contributed by atoms with E-state index in [1.165, 1.54) is 36.0 Å². The van der Waals surface area contributed by atoms with Crippen LogP contribution in [0.2, 0.25) is 0 Å². The molecule has 0 saturated carbocycles. The number of nitrogens with zero attached hydrogens (tertiary/aromatic N) is 3. The highest BCUT2D eigenvalue weighted by Crippen LogP contribution is 2.27. The maximum Gasteiger partial charge on any atom is 0.133 e. The summed E-state index contributed by atoms with van der Waals surface area (Å²) in [5, 5.41) is 8.75. The highest BCUT2D eigenvalue weighted by Gasteiger charge is 2.23. The zero-order chi connectivity index (χ0) is 11.0. The van der Waals surface area contributed by atoms with Crippen molar-refractivity contribution in [1.29, 1.82) is 0 Å². The van der Waals surface area contributed by atoms with Gasteiger partial charge in [0.05, 0.1) is 0 Å². The summed E-state index contributed by atoms with van der Waals surface area (Å²) in [4.78, 5) is 0. The predicted molar refractivity (Wildman–Crippen MR) is 66.6 cm³/mol. The van der Waals surface area contributed by atoms with Crippen molar-refractivity contribution in [3.8, 4) is 0 Å². The minimum atomic E-state index is 0.784. The van der Waals surface area contributed by atoms with Crippen molar-refractivity contribution in [2.75, 3.05) is 11.5 Å². The third kappa shape index (κ3) is 1.99. The summed E-state index contributed by atoms with van der Waals surface area (Å²) in [6.07, 6.45) is 4.92. The van der Waals surface area contributed by atoms with E-state index in [9.17, 15) is 0 Å². The maximum absolute atomic E-state index is 4.40. The molecule has 1 saturated heterocycles. The van der Waals surface area contributed by atoms with Gasteiger partial charge >= 0.3 is 0 Å². The number of rotatable bonds is 2. The lowest BCUT2D eigenvalue weighted by molar-refractivity contribution is 0.397. The molecule has 2 aliphatic rings. The van der Waals surface area contributed by atoms with Crippen LogP contribution in [-0.2, 0) is 19.4 Å². The van der Waals surface area contributed by atoms with Crippen LogP contribution in [0.3, 0.4) is 0 Å². The molecule has 2 aliphatic heterocycles. The standard InChI is InChI=1S/C12H19N3S/c1-9-2-4-15-11(6-9)13-14-12(15)7-10-3-5-16-8-10/h9-10H,2-8H2,1H3. The molecule has 1 aromatic heterocycles. The van der Waals surface area contributed by atoms with E-state index in [0.29, 0.717) is 0 Å². The average Bonchev–Trinajstić information content (AvgIpc) is 2.89. The topological polar surface area (TPSA) is 30.7 Å².